The maximum Gasteiger partial charge on any atom is 0.320 e. The zero-order valence-corrected chi connectivity index (χ0v) is 15.8. The van der Waals surface area contributed by atoms with Gasteiger partial charge in [0, 0.05) is 38.0 Å². The summed E-state index contributed by atoms with van der Waals surface area (Å²) in [7, 11) is 0. The summed E-state index contributed by atoms with van der Waals surface area (Å²) >= 11 is 0. The Balaban J connectivity index is 1.40. The second-order valence-electron chi connectivity index (χ2n) is 7.84. The average Bonchev–Trinajstić information content (AvgIpc) is 3.40. The van der Waals surface area contributed by atoms with Gasteiger partial charge in [0.15, 0.2) is 0 Å². The largest absolute Gasteiger partial charge is 0.378 e. The van der Waals surface area contributed by atoms with Crippen LogP contribution in [-0.2, 0) is 9.53 Å². The summed E-state index contributed by atoms with van der Waals surface area (Å²) < 4.78 is 5.35. The molecule has 1 aromatic rings. The molecule has 8 heteroatoms. The average molecular weight is 375 g/mol. The maximum absolute atomic E-state index is 12.8. The number of H-pyrrole nitrogens is 1. The minimum atomic E-state index is 0.0963. The third kappa shape index (κ3) is 4.10. The molecule has 2 N–H and O–H groups in total. The molecule has 0 unspecified atom stereocenters. The number of anilines is 1. The number of urea groups is 1. The summed E-state index contributed by atoms with van der Waals surface area (Å²) in [6.07, 6.45) is 7.87. The molecule has 4 rings (SSSR count). The third-order valence-electron chi connectivity index (χ3n) is 6.03. The second-order valence-corrected chi connectivity index (χ2v) is 7.84. The van der Waals surface area contributed by atoms with E-state index >= 15 is 0 Å². The Morgan fingerprint density at radius 2 is 1.85 bits per heavy atom. The number of ether oxygens (including phenoxy) is 1. The fourth-order valence-corrected chi connectivity index (χ4v) is 4.47. The summed E-state index contributed by atoms with van der Waals surface area (Å²) in [6, 6.07) is 0.0963. The molecule has 3 aliphatic rings. The highest BCUT2D eigenvalue weighted by molar-refractivity contribution is 5.93. The number of rotatable bonds is 3. The van der Waals surface area contributed by atoms with Crippen molar-refractivity contribution in [1.29, 1.82) is 0 Å². The Hall–Kier alpha value is -2.09. The van der Waals surface area contributed by atoms with Gasteiger partial charge in [-0.2, -0.15) is 5.10 Å². The van der Waals surface area contributed by atoms with Crippen LogP contribution in [0.25, 0.3) is 0 Å². The maximum atomic E-state index is 12.8. The predicted octanol–water partition coefficient (Wildman–Crippen LogP) is 2.17. The van der Waals surface area contributed by atoms with Crippen LogP contribution in [0.4, 0.5) is 10.5 Å². The number of carbonyl (C=O) groups is 2. The quantitative estimate of drug-likeness (QED) is 0.847. The monoisotopic (exact) mass is 375 g/mol. The highest BCUT2D eigenvalue weighted by Gasteiger charge is 2.31. The minimum Gasteiger partial charge on any atom is -0.378 e. The number of amides is 3. The Kier molecular flexibility index (Phi) is 5.61. The van der Waals surface area contributed by atoms with E-state index in [-0.39, 0.29) is 23.8 Å². The number of aromatic nitrogens is 2. The van der Waals surface area contributed by atoms with Gasteiger partial charge < -0.3 is 19.9 Å². The van der Waals surface area contributed by atoms with E-state index in [0.29, 0.717) is 32.8 Å². The van der Waals surface area contributed by atoms with E-state index in [4.69, 9.17) is 4.74 Å². The van der Waals surface area contributed by atoms with Crippen LogP contribution in [0.15, 0.2) is 6.20 Å². The van der Waals surface area contributed by atoms with Crippen molar-refractivity contribution in [2.75, 3.05) is 44.7 Å². The van der Waals surface area contributed by atoms with Crippen LogP contribution in [0.1, 0.15) is 50.1 Å². The van der Waals surface area contributed by atoms with Gasteiger partial charge >= 0.3 is 6.03 Å². The van der Waals surface area contributed by atoms with Gasteiger partial charge in [0.05, 0.1) is 30.8 Å². The molecular formula is C19H29N5O3. The van der Waals surface area contributed by atoms with Gasteiger partial charge in [-0.3, -0.25) is 9.89 Å². The molecule has 1 atom stereocenters. The van der Waals surface area contributed by atoms with Gasteiger partial charge in [-0.15, -0.1) is 0 Å². The van der Waals surface area contributed by atoms with Crippen LogP contribution in [0.2, 0.25) is 0 Å². The molecule has 2 saturated heterocycles. The van der Waals surface area contributed by atoms with Crippen LogP contribution in [0, 0.1) is 5.92 Å². The van der Waals surface area contributed by atoms with Gasteiger partial charge in [-0.1, -0.05) is 12.8 Å². The second kappa shape index (κ2) is 8.29. The summed E-state index contributed by atoms with van der Waals surface area (Å²) in [5, 5.41) is 10.3. The predicted molar refractivity (Wildman–Crippen MR) is 101 cm³/mol. The molecule has 0 spiro atoms. The zero-order valence-electron chi connectivity index (χ0n) is 15.8. The van der Waals surface area contributed by atoms with Crippen LogP contribution in [0.3, 0.4) is 0 Å². The molecule has 1 aliphatic carbocycles. The summed E-state index contributed by atoms with van der Waals surface area (Å²) in [4.78, 5) is 29.1. The van der Waals surface area contributed by atoms with Crippen molar-refractivity contribution in [3.05, 3.63) is 11.9 Å². The molecule has 0 aromatic carbocycles. The first kappa shape index (κ1) is 18.3. The standard InChI is InChI=1S/C19H29N5O3/c25-18(14-4-1-2-5-14)21-16-12-20-22-17(16)15-6-3-7-24(13-15)19(26)23-8-10-27-11-9-23/h12,14-15H,1-11,13H2,(H,20,22)(H,21,25)/t15-/m0/s1. The number of nitrogens with one attached hydrogen (secondary N) is 2. The van der Waals surface area contributed by atoms with Crippen molar-refractivity contribution >= 4 is 17.6 Å². The van der Waals surface area contributed by atoms with Gasteiger partial charge in [0.1, 0.15) is 0 Å². The highest BCUT2D eigenvalue weighted by Crippen LogP contribution is 2.32. The molecule has 8 nitrogen and oxygen atoms in total. The number of hydrogen-bond donors (Lipinski definition) is 2. The van der Waals surface area contributed by atoms with E-state index < -0.39 is 0 Å². The van der Waals surface area contributed by atoms with Crippen molar-refractivity contribution in [2.45, 2.75) is 44.4 Å². The smallest absolute Gasteiger partial charge is 0.320 e. The molecule has 3 fully saturated rings. The molecular weight excluding hydrogens is 346 g/mol. The van der Waals surface area contributed by atoms with Gasteiger partial charge in [-0.05, 0) is 25.7 Å². The Labute approximate surface area is 159 Å². The zero-order chi connectivity index (χ0) is 18.6. The minimum absolute atomic E-state index is 0.0963. The van der Waals surface area contributed by atoms with Crippen molar-refractivity contribution in [3.63, 3.8) is 0 Å². The topological polar surface area (TPSA) is 90.6 Å². The highest BCUT2D eigenvalue weighted by atomic mass is 16.5. The molecule has 0 radical (unpaired) electrons. The molecule has 0 bridgehead atoms. The molecule has 27 heavy (non-hydrogen) atoms. The number of piperidine rings is 1. The van der Waals surface area contributed by atoms with Crippen LogP contribution >= 0.6 is 0 Å². The summed E-state index contributed by atoms with van der Waals surface area (Å²) in [5.74, 6) is 0.399. The summed E-state index contributed by atoms with van der Waals surface area (Å²) in [6.45, 7) is 3.98. The lowest BCUT2D eigenvalue weighted by molar-refractivity contribution is -0.119. The van der Waals surface area contributed by atoms with E-state index in [1.807, 2.05) is 9.80 Å². The van der Waals surface area contributed by atoms with Gasteiger partial charge in [0.25, 0.3) is 0 Å². The fraction of sp³-hybridized carbons (Fsp3) is 0.737. The SMILES string of the molecule is O=C(Nc1cn[nH]c1[C@H]1CCCN(C(=O)N2CCOCC2)C1)C1CCCC1. The van der Waals surface area contributed by atoms with Gasteiger partial charge in [-0.25, -0.2) is 4.79 Å². The normalized spacial score (nSPS) is 24.2. The van der Waals surface area contributed by atoms with E-state index in [1.54, 1.807) is 6.20 Å². The summed E-state index contributed by atoms with van der Waals surface area (Å²) in [5.41, 5.74) is 1.72. The van der Waals surface area contributed by atoms with Crippen LogP contribution in [0.5, 0.6) is 0 Å². The van der Waals surface area contributed by atoms with Crippen LogP contribution in [-0.4, -0.2) is 71.3 Å². The number of nitrogens with zero attached hydrogens (tertiary/aromatic N) is 3. The van der Waals surface area contributed by atoms with Crippen molar-refractivity contribution in [3.8, 4) is 0 Å². The lowest BCUT2D eigenvalue weighted by Crippen LogP contribution is -2.50. The lowest BCUT2D eigenvalue weighted by Gasteiger charge is -2.37. The number of hydrogen-bond acceptors (Lipinski definition) is 4. The van der Waals surface area contributed by atoms with Crippen LogP contribution < -0.4 is 5.32 Å². The van der Waals surface area contributed by atoms with E-state index in [9.17, 15) is 9.59 Å². The molecule has 148 valence electrons. The first-order chi connectivity index (χ1) is 13.2. The molecule has 1 saturated carbocycles. The first-order valence-corrected chi connectivity index (χ1v) is 10.2. The number of likely N-dealkylation sites (tertiary alicyclic amines) is 1. The number of morpholine rings is 1. The number of carbonyl (C=O) groups excluding carboxylic acids is 2. The first-order valence-electron chi connectivity index (χ1n) is 10.2. The Morgan fingerprint density at radius 1 is 1.07 bits per heavy atom. The lowest BCUT2D eigenvalue weighted by atomic mass is 9.94. The van der Waals surface area contributed by atoms with Crippen molar-refractivity contribution < 1.29 is 14.3 Å². The molecule has 3 amide bonds. The fourth-order valence-electron chi connectivity index (χ4n) is 4.47. The molecule has 3 heterocycles. The third-order valence-corrected chi connectivity index (χ3v) is 6.03. The van der Waals surface area contributed by atoms with Gasteiger partial charge in [0.2, 0.25) is 5.91 Å². The molecule has 2 aliphatic heterocycles. The van der Waals surface area contributed by atoms with E-state index in [2.05, 4.69) is 15.5 Å². The Bertz CT molecular complexity index is 664. The van der Waals surface area contributed by atoms with E-state index in [1.165, 1.54) is 0 Å². The van der Waals surface area contributed by atoms with Crippen molar-refractivity contribution in [2.24, 2.45) is 5.92 Å². The van der Waals surface area contributed by atoms with E-state index in [0.717, 1.165) is 56.5 Å². The number of aromatic amines is 1. The Morgan fingerprint density at radius 3 is 2.63 bits per heavy atom. The van der Waals surface area contributed by atoms with Crippen molar-refractivity contribution in [1.82, 2.24) is 20.0 Å². The molecule has 1 aromatic heterocycles.